The Labute approximate surface area is 142 Å². The molecule has 0 bridgehead atoms. The van der Waals surface area contributed by atoms with Crippen molar-refractivity contribution in [2.24, 2.45) is 22.7 Å². The number of ether oxygens (including phenoxy) is 2. The van der Waals surface area contributed by atoms with E-state index in [1.165, 1.54) is 12.1 Å². The van der Waals surface area contributed by atoms with Crippen molar-refractivity contribution in [3.05, 3.63) is 35.4 Å². The molecule has 0 amide bonds. The summed E-state index contributed by atoms with van der Waals surface area (Å²) in [5.41, 5.74) is -3.09. The third-order valence-corrected chi connectivity index (χ3v) is 5.87. The average molecular weight is 342 g/mol. The predicted molar refractivity (Wildman–Crippen MR) is 80.6 cm³/mol. The Bertz CT molecular complexity index is 885. The van der Waals surface area contributed by atoms with Crippen LogP contribution in [0.15, 0.2) is 24.3 Å². The lowest BCUT2D eigenvalue weighted by Gasteiger charge is -2.22. The molecular formula is C18H14O7. The number of hydrogen-bond acceptors (Lipinski definition) is 7. The summed E-state index contributed by atoms with van der Waals surface area (Å²) in [5, 5.41) is 0. The third kappa shape index (κ3) is 1.41. The fourth-order valence-electron chi connectivity index (χ4n) is 4.87. The van der Waals surface area contributed by atoms with Gasteiger partial charge in [-0.3, -0.25) is 24.0 Å². The van der Waals surface area contributed by atoms with Crippen molar-refractivity contribution in [3.8, 4) is 0 Å². The second-order valence-corrected chi connectivity index (χ2v) is 6.59. The van der Waals surface area contributed by atoms with Crippen LogP contribution in [0.5, 0.6) is 0 Å². The maximum absolute atomic E-state index is 13.2. The highest BCUT2D eigenvalue weighted by molar-refractivity contribution is 6.34. The van der Waals surface area contributed by atoms with Crippen LogP contribution in [0, 0.1) is 22.7 Å². The zero-order chi connectivity index (χ0) is 18.1. The van der Waals surface area contributed by atoms with Crippen LogP contribution in [0.1, 0.15) is 27.1 Å². The molecule has 7 nitrogen and oxygen atoms in total. The first-order valence-electron chi connectivity index (χ1n) is 7.78. The Kier molecular flexibility index (Phi) is 2.90. The van der Waals surface area contributed by atoms with Gasteiger partial charge < -0.3 is 9.47 Å². The van der Waals surface area contributed by atoms with E-state index in [0.717, 1.165) is 14.2 Å². The van der Waals surface area contributed by atoms with E-state index in [-0.39, 0.29) is 17.5 Å². The van der Waals surface area contributed by atoms with Crippen LogP contribution in [0.2, 0.25) is 0 Å². The lowest BCUT2D eigenvalue weighted by molar-refractivity contribution is -0.155. The molecule has 0 aliphatic heterocycles. The number of ketones is 3. The number of Topliss-reactive ketones (excluding diaryl/α,β-unsaturated/α-hetero) is 3. The van der Waals surface area contributed by atoms with Crippen molar-refractivity contribution >= 4 is 29.3 Å². The van der Waals surface area contributed by atoms with Gasteiger partial charge in [-0.1, -0.05) is 24.3 Å². The van der Waals surface area contributed by atoms with Crippen molar-refractivity contribution in [1.82, 2.24) is 0 Å². The quantitative estimate of drug-likeness (QED) is 0.573. The second kappa shape index (κ2) is 4.62. The number of rotatable bonds is 2. The molecule has 2 saturated carbocycles. The van der Waals surface area contributed by atoms with Crippen molar-refractivity contribution in [3.63, 3.8) is 0 Å². The first-order chi connectivity index (χ1) is 11.9. The molecule has 1 spiro atoms. The fourth-order valence-corrected chi connectivity index (χ4v) is 4.87. The molecule has 2 fully saturated rings. The molecule has 1 aromatic rings. The number of benzene rings is 1. The van der Waals surface area contributed by atoms with Crippen LogP contribution < -0.4 is 0 Å². The van der Waals surface area contributed by atoms with E-state index in [1.807, 2.05) is 0 Å². The summed E-state index contributed by atoms with van der Waals surface area (Å²) in [6, 6.07) is 6.22. The number of fused-ring (bicyclic) bond motifs is 2. The zero-order valence-corrected chi connectivity index (χ0v) is 13.5. The van der Waals surface area contributed by atoms with Crippen LogP contribution in [0.25, 0.3) is 0 Å². The molecule has 7 heteroatoms. The van der Waals surface area contributed by atoms with Crippen LogP contribution in [-0.2, 0) is 23.9 Å². The molecular weight excluding hydrogens is 328 g/mol. The molecule has 25 heavy (non-hydrogen) atoms. The largest absolute Gasteiger partial charge is 0.468 e. The molecule has 4 rings (SSSR count). The average Bonchev–Trinajstić information content (AvgIpc) is 3.18. The van der Waals surface area contributed by atoms with Gasteiger partial charge in [0.15, 0.2) is 22.8 Å². The number of carbonyl (C=O) groups is 5. The van der Waals surface area contributed by atoms with Crippen molar-refractivity contribution < 1.29 is 33.4 Å². The molecule has 128 valence electrons. The van der Waals surface area contributed by atoms with Crippen molar-refractivity contribution in [2.45, 2.75) is 6.42 Å². The Morgan fingerprint density at radius 1 is 1.04 bits per heavy atom. The van der Waals surface area contributed by atoms with E-state index < -0.39 is 52.0 Å². The predicted octanol–water partition coefficient (Wildman–Crippen LogP) is 0.603. The van der Waals surface area contributed by atoms with Gasteiger partial charge in [-0.05, 0) is 6.42 Å². The molecule has 0 radical (unpaired) electrons. The van der Waals surface area contributed by atoms with Gasteiger partial charge in [0.05, 0.1) is 25.6 Å². The molecule has 1 aromatic carbocycles. The van der Waals surface area contributed by atoms with Gasteiger partial charge in [0.1, 0.15) is 5.92 Å². The number of carbonyl (C=O) groups excluding carboxylic acids is 5. The van der Waals surface area contributed by atoms with E-state index in [4.69, 9.17) is 4.74 Å². The van der Waals surface area contributed by atoms with Crippen molar-refractivity contribution in [1.29, 1.82) is 0 Å². The van der Waals surface area contributed by atoms with Gasteiger partial charge in [-0.2, -0.15) is 0 Å². The Morgan fingerprint density at radius 3 is 2.28 bits per heavy atom. The topological polar surface area (TPSA) is 104 Å². The minimum absolute atomic E-state index is 0.174. The Balaban J connectivity index is 1.94. The monoisotopic (exact) mass is 342 g/mol. The summed E-state index contributed by atoms with van der Waals surface area (Å²) in [7, 11) is 2.22. The van der Waals surface area contributed by atoms with Crippen LogP contribution >= 0.6 is 0 Å². The van der Waals surface area contributed by atoms with Gasteiger partial charge in [-0.15, -0.1) is 0 Å². The van der Waals surface area contributed by atoms with Gasteiger partial charge >= 0.3 is 11.9 Å². The molecule has 0 heterocycles. The van der Waals surface area contributed by atoms with Gasteiger partial charge in [-0.25, -0.2) is 0 Å². The molecule has 4 unspecified atom stereocenters. The van der Waals surface area contributed by atoms with E-state index in [0.29, 0.717) is 0 Å². The molecule has 0 aromatic heterocycles. The molecule has 3 aliphatic carbocycles. The summed E-state index contributed by atoms with van der Waals surface area (Å²) < 4.78 is 9.41. The highest BCUT2D eigenvalue weighted by Gasteiger charge is 2.95. The molecule has 0 saturated heterocycles. The van der Waals surface area contributed by atoms with Gasteiger partial charge in [0, 0.05) is 11.1 Å². The van der Waals surface area contributed by atoms with E-state index in [9.17, 15) is 24.0 Å². The van der Waals surface area contributed by atoms with E-state index in [1.54, 1.807) is 12.1 Å². The SMILES string of the molecule is COC(=O)C1CC23C(=O)c4ccccc4C(=O)C2C3(C(=O)OC)C1=O. The summed E-state index contributed by atoms with van der Waals surface area (Å²) >= 11 is 0. The van der Waals surface area contributed by atoms with Gasteiger partial charge in [0.2, 0.25) is 0 Å². The second-order valence-electron chi connectivity index (χ2n) is 6.59. The first-order valence-corrected chi connectivity index (χ1v) is 7.78. The number of esters is 2. The van der Waals surface area contributed by atoms with Crippen molar-refractivity contribution in [2.75, 3.05) is 14.2 Å². The zero-order valence-electron chi connectivity index (χ0n) is 13.5. The standard InChI is InChI=1S/C18H14O7/c1-24-15(22)10-7-17-12(18(17,14(10)21)16(23)25-2)11(19)8-5-3-4-6-9(8)13(17)20/h3-6,10,12H,7H2,1-2H3. The summed E-state index contributed by atoms with van der Waals surface area (Å²) in [5.74, 6) is -5.76. The lowest BCUT2D eigenvalue weighted by atomic mass is 9.78. The van der Waals surface area contributed by atoms with Crippen LogP contribution in [-0.4, -0.2) is 43.5 Å². The fraction of sp³-hybridized carbons (Fsp3) is 0.389. The first kappa shape index (κ1) is 15.7. The van der Waals surface area contributed by atoms with E-state index in [2.05, 4.69) is 4.74 Å². The molecule has 3 aliphatic rings. The van der Waals surface area contributed by atoms with E-state index >= 15 is 0 Å². The summed E-state index contributed by atoms with van der Waals surface area (Å²) in [6.07, 6.45) is -0.211. The maximum atomic E-state index is 13.2. The molecule has 0 N–H and O–H groups in total. The normalized spacial score (nSPS) is 34.7. The van der Waals surface area contributed by atoms with Crippen LogP contribution in [0.4, 0.5) is 0 Å². The Morgan fingerprint density at radius 2 is 1.68 bits per heavy atom. The summed E-state index contributed by atoms with van der Waals surface area (Å²) in [6.45, 7) is 0. The third-order valence-electron chi connectivity index (χ3n) is 5.87. The summed E-state index contributed by atoms with van der Waals surface area (Å²) in [4.78, 5) is 63.5. The molecule has 4 atom stereocenters. The highest BCUT2D eigenvalue weighted by Crippen LogP contribution is 2.80. The smallest absolute Gasteiger partial charge is 0.321 e. The number of methoxy groups -OCH3 is 2. The van der Waals surface area contributed by atoms with Crippen LogP contribution in [0.3, 0.4) is 0 Å². The lowest BCUT2D eigenvalue weighted by Crippen LogP contribution is -2.36. The maximum Gasteiger partial charge on any atom is 0.321 e. The van der Waals surface area contributed by atoms with Gasteiger partial charge in [0.25, 0.3) is 0 Å². The minimum atomic E-state index is -1.92. The highest BCUT2D eigenvalue weighted by atomic mass is 16.5. The Hall–Kier alpha value is -2.83. The minimum Gasteiger partial charge on any atom is -0.468 e. The number of hydrogen-bond donors (Lipinski definition) is 0.